The van der Waals surface area contributed by atoms with Crippen LogP contribution in [0.2, 0.25) is 0 Å². The van der Waals surface area contributed by atoms with E-state index in [-0.39, 0.29) is 0 Å². The highest BCUT2D eigenvalue weighted by atomic mass is 16.5. The first-order chi connectivity index (χ1) is 14.2. The number of nitrogens with zero attached hydrogens (tertiary/aromatic N) is 2. The maximum atomic E-state index is 12.1. The zero-order valence-corrected chi connectivity index (χ0v) is 16.5. The Balaban J connectivity index is 1.56. The number of methoxy groups -OCH3 is 1. The summed E-state index contributed by atoms with van der Waals surface area (Å²) in [5.41, 5.74) is 4.06. The Morgan fingerprint density at radius 1 is 1.07 bits per heavy atom. The summed E-state index contributed by atoms with van der Waals surface area (Å²) >= 11 is 0. The zero-order chi connectivity index (χ0) is 20.5. The van der Waals surface area contributed by atoms with E-state index in [0.717, 1.165) is 24.8 Å². The highest BCUT2D eigenvalue weighted by Gasteiger charge is 2.22. The lowest BCUT2D eigenvalue weighted by Crippen LogP contribution is -2.43. The second kappa shape index (κ2) is 10.3. The van der Waals surface area contributed by atoms with Crippen molar-refractivity contribution in [2.45, 2.75) is 25.9 Å². The second-order valence-corrected chi connectivity index (χ2v) is 6.74. The van der Waals surface area contributed by atoms with Gasteiger partial charge in [0, 0.05) is 13.1 Å². The molecule has 29 heavy (non-hydrogen) atoms. The van der Waals surface area contributed by atoms with E-state index in [9.17, 15) is 9.59 Å². The topological polar surface area (TPSA) is 80.2 Å². The van der Waals surface area contributed by atoms with Crippen molar-refractivity contribution in [2.75, 3.05) is 20.2 Å². The summed E-state index contributed by atoms with van der Waals surface area (Å²) in [6, 6.07) is 15.2. The Morgan fingerprint density at radius 3 is 2.55 bits per heavy atom. The zero-order valence-electron chi connectivity index (χ0n) is 16.5. The fourth-order valence-electron chi connectivity index (χ4n) is 3.07. The van der Waals surface area contributed by atoms with E-state index in [1.165, 1.54) is 6.21 Å². The van der Waals surface area contributed by atoms with Gasteiger partial charge in [0.1, 0.15) is 6.61 Å². The molecule has 1 saturated heterocycles. The number of hydrogen-bond acceptors (Lipinski definition) is 5. The third-order valence-corrected chi connectivity index (χ3v) is 4.64. The van der Waals surface area contributed by atoms with Gasteiger partial charge in [-0.2, -0.15) is 5.10 Å². The molecule has 2 aromatic carbocycles. The van der Waals surface area contributed by atoms with Crippen LogP contribution in [0.4, 0.5) is 0 Å². The van der Waals surface area contributed by atoms with Crippen LogP contribution < -0.4 is 14.9 Å². The molecule has 152 valence electrons. The largest absolute Gasteiger partial charge is 0.493 e. The molecule has 1 fully saturated rings. The number of rotatable bonds is 6. The van der Waals surface area contributed by atoms with Crippen LogP contribution in [0.25, 0.3) is 0 Å². The van der Waals surface area contributed by atoms with Gasteiger partial charge in [-0.05, 0) is 48.6 Å². The molecule has 0 aliphatic carbocycles. The van der Waals surface area contributed by atoms with Crippen LogP contribution in [0.1, 0.15) is 30.4 Å². The van der Waals surface area contributed by atoms with E-state index in [4.69, 9.17) is 9.47 Å². The molecule has 2 aromatic rings. The molecule has 7 nitrogen and oxygen atoms in total. The number of carbonyl (C=O) groups is 2. The number of ether oxygens (including phenoxy) is 2. The number of amides is 2. The number of likely N-dealkylation sites (tertiary alicyclic amines) is 1. The van der Waals surface area contributed by atoms with Gasteiger partial charge in [-0.1, -0.05) is 30.3 Å². The Hall–Kier alpha value is -3.35. The minimum Gasteiger partial charge on any atom is -0.493 e. The predicted molar refractivity (Wildman–Crippen MR) is 110 cm³/mol. The van der Waals surface area contributed by atoms with Crippen molar-refractivity contribution in [1.82, 2.24) is 10.3 Å². The molecular formula is C22H25N3O4. The van der Waals surface area contributed by atoms with E-state index in [1.807, 2.05) is 30.3 Å². The first-order valence-electron chi connectivity index (χ1n) is 9.64. The molecule has 0 spiro atoms. The van der Waals surface area contributed by atoms with Gasteiger partial charge in [0.05, 0.1) is 13.3 Å². The third kappa shape index (κ3) is 5.81. The Bertz CT molecular complexity index is 862. The molecule has 1 N–H and O–H groups in total. The van der Waals surface area contributed by atoms with Crippen LogP contribution >= 0.6 is 0 Å². The molecule has 2 amide bonds. The van der Waals surface area contributed by atoms with E-state index >= 15 is 0 Å². The Labute approximate surface area is 170 Å². The van der Waals surface area contributed by atoms with Gasteiger partial charge in [-0.3, -0.25) is 9.59 Å². The number of piperidine rings is 1. The maximum Gasteiger partial charge on any atom is 0.329 e. The van der Waals surface area contributed by atoms with Crippen LogP contribution in [0, 0.1) is 0 Å². The summed E-state index contributed by atoms with van der Waals surface area (Å²) in [5, 5.41) is 3.89. The van der Waals surface area contributed by atoms with Gasteiger partial charge in [-0.15, -0.1) is 0 Å². The number of benzene rings is 2. The van der Waals surface area contributed by atoms with Gasteiger partial charge in [0.2, 0.25) is 0 Å². The number of carbonyl (C=O) groups excluding carboxylic acids is 2. The van der Waals surface area contributed by atoms with Gasteiger partial charge in [-0.25, -0.2) is 5.43 Å². The first kappa shape index (κ1) is 20.4. The van der Waals surface area contributed by atoms with Crippen molar-refractivity contribution in [3.63, 3.8) is 0 Å². The monoisotopic (exact) mass is 395 g/mol. The molecular weight excluding hydrogens is 370 g/mol. The SMILES string of the molecule is COc1cc(C=NNC(=O)C(=O)N2CCCCC2)ccc1OCc1ccccc1. The summed E-state index contributed by atoms with van der Waals surface area (Å²) in [5.74, 6) is -0.0968. The number of hydrogen-bond donors (Lipinski definition) is 1. The minimum atomic E-state index is -0.724. The predicted octanol–water partition coefficient (Wildman–Crippen LogP) is 2.74. The molecule has 1 aliphatic rings. The van der Waals surface area contributed by atoms with Gasteiger partial charge < -0.3 is 14.4 Å². The molecule has 0 atom stereocenters. The first-order valence-corrected chi connectivity index (χ1v) is 9.64. The molecule has 3 rings (SSSR count). The molecule has 0 aromatic heterocycles. The summed E-state index contributed by atoms with van der Waals surface area (Å²) in [6.07, 6.45) is 4.42. The number of nitrogens with one attached hydrogen (secondary N) is 1. The van der Waals surface area contributed by atoms with Gasteiger partial charge >= 0.3 is 11.8 Å². The maximum absolute atomic E-state index is 12.1. The molecule has 0 saturated carbocycles. The van der Waals surface area contributed by atoms with Crippen LogP contribution in [-0.4, -0.2) is 43.1 Å². The average molecular weight is 395 g/mol. The van der Waals surface area contributed by atoms with Crippen molar-refractivity contribution in [1.29, 1.82) is 0 Å². The van der Waals surface area contributed by atoms with Crippen molar-refractivity contribution in [3.8, 4) is 11.5 Å². The van der Waals surface area contributed by atoms with Crippen LogP contribution in [0.15, 0.2) is 53.6 Å². The van der Waals surface area contributed by atoms with Crippen molar-refractivity contribution in [2.24, 2.45) is 5.10 Å². The summed E-state index contributed by atoms with van der Waals surface area (Å²) in [7, 11) is 1.56. The average Bonchev–Trinajstić information content (AvgIpc) is 2.78. The van der Waals surface area contributed by atoms with Crippen molar-refractivity contribution >= 4 is 18.0 Å². The van der Waals surface area contributed by atoms with Crippen LogP contribution in [0.3, 0.4) is 0 Å². The Morgan fingerprint density at radius 2 is 1.83 bits per heavy atom. The highest BCUT2D eigenvalue weighted by molar-refractivity contribution is 6.35. The summed E-state index contributed by atoms with van der Waals surface area (Å²) in [4.78, 5) is 25.6. The summed E-state index contributed by atoms with van der Waals surface area (Å²) < 4.78 is 11.2. The smallest absolute Gasteiger partial charge is 0.329 e. The van der Waals surface area contributed by atoms with E-state index < -0.39 is 11.8 Å². The molecule has 1 aliphatic heterocycles. The van der Waals surface area contributed by atoms with Gasteiger partial charge in [0.25, 0.3) is 0 Å². The molecule has 0 radical (unpaired) electrons. The van der Waals surface area contributed by atoms with Crippen LogP contribution in [-0.2, 0) is 16.2 Å². The fraction of sp³-hybridized carbons (Fsp3) is 0.318. The van der Waals surface area contributed by atoms with E-state index in [1.54, 1.807) is 30.2 Å². The molecule has 1 heterocycles. The third-order valence-electron chi connectivity index (χ3n) is 4.64. The van der Waals surface area contributed by atoms with Crippen molar-refractivity contribution in [3.05, 3.63) is 59.7 Å². The quantitative estimate of drug-likeness (QED) is 0.463. The summed E-state index contributed by atoms with van der Waals surface area (Å²) in [6.45, 7) is 1.68. The van der Waals surface area contributed by atoms with Crippen LogP contribution in [0.5, 0.6) is 11.5 Å². The standard InChI is InChI=1S/C22H25N3O4/c1-28-20-14-18(10-11-19(20)29-16-17-8-4-2-5-9-17)15-23-24-21(26)22(27)25-12-6-3-7-13-25/h2,4-5,8-11,14-15H,3,6-7,12-13,16H2,1H3,(H,24,26). The Kier molecular flexibility index (Phi) is 7.22. The lowest BCUT2D eigenvalue weighted by molar-refractivity contribution is -0.146. The molecule has 7 heteroatoms. The van der Waals surface area contributed by atoms with Crippen molar-refractivity contribution < 1.29 is 19.1 Å². The van der Waals surface area contributed by atoms with E-state index in [0.29, 0.717) is 36.8 Å². The lowest BCUT2D eigenvalue weighted by atomic mass is 10.1. The highest BCUT2D eigenvalue weighted by Crippen LogP contribution is 2.28. The minimum absolute atomic E-state index is 0.430. The van der Waals surface area contributed by atoms with Gasteiger partial charge in [0.15, 0.2) is 11.5 Å². The lowest BCUT2D eigenvalue weighted by Gasteiger charge is -2.25. The normalized spacial score (nSPS) is 13.9. The molecule has 0 unspecified atom stereocenters. The fourth-order valence-corrected chi connectivity index (χ4v) is 3.07. The molecule has 0 bridgehead atoms. The second-order valence-electron chi connectivity index (χ2n) is 6.74. The van der Waals surface area contributed by atoms with E-state index in [2.05, 4.69) is 10.5 Å². The number of hydrazone groups is 1.